The van der Waals surface area contributed by atoms with Crippen molar-refractivity contribution in [1.29, 1.82) is 0 Å². The summed E-state index contributed by atoms with van der Waals surface area (Å²) < 4.78 is 6.99. The summed E-state index contributed by atoms with van der Waals surface area (Å²) in [6, 6.07) is 3.71. The number of Topliss-reactive ketones (excluding diaryl/α,β-unsaturated/α-hetero) is 1. The molecule has 0 atom stereocenters. The lowest BCUT2D eigenvalue weighted by atomic mass is 9.95. The Morgan fingerprint density at radius 3 is 2.53 bits per heavy atom. The Hall–Kier alpha value is -1.84. The molecule has 0 aliphatic carbocycles. The number of hydrogen-bond acceptors (Lipinski definition) is 3. The molecular formula is C15H20N2O2. The van der Waals surface area contributed by atoms with Gasteiger partial charge in [-0.3, -0.25) is 4.79 Å². The van der Waals surface area contributed by atoms with Crippen LogP contribution in [0.4, 0.5) is 0 Å². The first-order valence-electron chi connectivity index (χ1n) is 6.56. The van der Waals surface area contributed by atoms with Gasteiger partial charge in [0.15, 0.2) is 5.78 Å². The molecule has 4 heteroatoms. The number of pyridine rings is 1. The third-order valence-corrected chi connectivity index (χ3v) is 3.19. The van der Waals surface area contributed by atoms with Crippen LogP contribution in [0.15, 0.2) is 18.3 Å². The minimum absolute atomic E-state index is 0.0447. The highest BCUT2D eigenvalue weighted by Crippen LogP contribution is 2.27. The van der Waals surface area contributed by atoms with Crippen molar-refractivity contribution < 1.29 is 9.53 Å². The van der Waals surface area contributed by atoms with Gasteiger partial charge in [0.05, 0.1) is 23.9 Å². The monoisotopic (exact) mass is 260 g/mol. The van der Waals surface area contributed by atoms with E-state index in [1.54, 1.807) is 11.6 Å². The van der Waals surface area contributed by atoms with Crippen LogP contribution >= 0.6 is 0 Å². The zero-order valence-electron chi connectivity index (χ0n) is 12.1. The summed E-state index contributed by atoms with van der Waals surface area (Å²) in [6.07, 6.45) is 1.83. The topological polar surface area (TPSA) is 43.6 Å². The lowest BCUT2D eigenvalue weighted by Crippen LogP contribution is -2.10. The Labute approximate surface area is 113 Å². The van der Waals surface area contributed by atoms with Gasteiger partial charge < -0.3 is 4.74 Å². The van der Waals surface area contributed by atoms with E-state index in [1.807, 2.05) is 32.2 Å². The molecule has 2 rings (SSSR count). The summed E-state index contributed by atoms with van der Waals surface area (Å²) in [5.74, 6) is 1.03. The molecule has 0 saturated carbocycles. The molecule has 2 heterocycles. The second-order valence-electron chi connectivity index (χ2n) is 5.33. The van der Waals surface area contributed by atoms with Crippen molar-refractivity contribution >= 4 is 11.3 Å². The number of aromatic nitrogens is 2. The van der Waals surface area contributed by atoms with Crippen molar-refractivity contribution in [3.05, 3.63) is 29.6 Å². The Balaban J connectivity index is 2.74. The zero-order chi connectivity index (χ0) is 14.2. The number of carbonyl (C=O) groups excluding carboxylic acids is 1. The van der Waals surface area contributed by atoms with Gasteiger partial charge in [-0.05, 0) is 12.0 Å². The second kappa shape index (κ2) is 5.03. The molecule has 0 fully saturated rings. The van der Waals surface area contributed by atoms with E-state index in [1.165, 1.54) is 0 Å². The number of methoxy groups -OCH3 is 1. The predicted molar refractivity (Wildman–Crippen MR) is 75.0 cm³/mol. The molecule has 0 radical (unpaired) electrons. The third-order valence-electron chi connectivity index (χ3n) is 3.19. The number of ketones is 1. The maximum absolute atomic E-state index is 12.5. The number of ether oxygens (including phenoxy) is 1. The molecule has 0 spiro atoms. The van der Waals surface area contributed by atoms with Crippen LogP contribution in [-0.4, -0.2) is 22.5 Å². The highest BCUT2D eigenvalue weighted by Gasteiger charge is 2.23. The maximum atomic E-state index is 12.5. The summed E-state index contributed by atoms with van der Waals surface area (Å²) >= 11 is 0. The van der Waals surface area contributed by atoms with E-state index in [2.05, 4.69) is 18.9 Å². The Kier molecular flexibility index (Phi) is 3.60. The molecule has 102 valence electrons. The summed E-state index contributed by atoms with van der Waals surface area (Å²) in [6.45, 7) is 7.93. The number of fused-ring (bicyclic) bond motifs is 1. The van der Waals surface area contributed by atoms with Crippen molar-refractivity contribution in [3.63, 3.8) is 0 Å². The van der Waals surface area contributed by atoms with Gasteiger partial charge in [0.25, 0.3) is 0 Å². The fraction of sp³-hybridized carbons (Fsp3) is 0.467. The molecular weight excluding hydrogens is 240 g/mol. The van der Waals surface area contributed by atoms with E-state index < -0.39 is 0 Å². The van der Waals surface area contributed by atoms with Crippen LogP contribution in [-0.2, 0) is 0 Å². The Bertz CT molecular complexity index is 612. The number of rotatable bonds is 4. The highest BCUT2D eigenvalue weighted by atomic mass is 16.5. The molecule has 0 aromatic carbocycles. The van der Waals surface area contributed by atoms with Gasteiger partial charge >= 0.3 is 0 Å². The minimum atomic E-state index is -0.0447. The van der Waals surface area contributed by atoms with Crippen LogP contribution in [0.25, 0.3) is 5.52 Å². The second-order valence-corrected chi connectivity index (χ2v) is 5.33. The first-order chi connectivity index (χ1) is 8.95. The van der Waals surface area contributed by atoms with Crippen LogP contribution < -0.4 is 4.74 Å². The van der Waals surface area contributed by atoms with Gasteiger partial charge in [-0.2, -0.15) is 5.10 Å². The number of nitrogens with zero attached hydrogens (tertiary/aromatic N) is 2. The quantitative estimate of drug-likeness (QED) is 0.792. The molecule has 2 aromatic rings. The fourth-order valence-electron chi connectivity index (χ4n) is 2.12. The molecule has 0 saturated heterocycles. The number of hydrogen-bond donors (Lipinski definition) is 0. The molecule has 0 N–H and O–H groups in total. The van der Waals surface area contributed by atoms with Crippen molar-refractivity contribution in [2.24, 2.45) is 5.92 Å². The molecule has 0 aliphatic rings. The van der Waals surface area contributed by atoms with Crippen molar-refractivity contribution in [1.82, 2.24) is 9.61 Å². The summed E-state index contributed by atoms with van der Waals surface area (Å²) in [4.78, 5) is 12.5. The summed E-state index contributed by atoms with van der Waals surface area (Å²) in [5.41, 5.74) is 2.40. The average Bonchev–Trinajstić information content (AvgIpc) is 2.75. The summed E-state index contributed by atoms with van der Waals surface area (Å²) in [5, 5.41) is 4.53. The largest absolute Gasteiger partial charge is 0.497 e. The van der Waals surface area contributed by atoms with Gasteiger partial charge in [0.2, 0.25) is 0 Å². The molecule has 19 heavy (non-hydrogen) atoms. The Morgan fingerprint density at radius 2 is 2.00 bits per heavy atom. The Morgan fingerprint density at radius 1 is 1.32 bits per heavy atom. The molecule has 0 amide bonds. The van der Waals surface area contributed by atoms with E-state index >= 15 is 0 Å². The van der Waals surface area contributed by atoms with E-state index in [4.69, 9.17) is 4.74 Å². The molecule has 2 aromatic heterocycles. The SMILES string of the molecule is COc1ccn2nc(C(C)C)c(C(=O)C(C)C)c2c1. The van der Waals surface area contributed by atoms with Crippen molar-refractivity contribution in [3.8, 4) is 5.75 Å². The lowest BCUT2D eigenvalue weighted by Gasteiger charge is -2.07. The lowest BCUT2D eigenvalue weighted by molar-refractivity contribution is 0.0939. The van der Waals surface area contributed by atoms with E-state index in [0.29, 0.717) is 0 Å². The van der Waals surface area contributed by atoms with Gasteiger partial charge in [-0.15, -0.1) is 0 Å². The molecule has 0 bridgehead atoms. The van der Waals surface area contributed by atoms with Crippen molar-refractivity contribution in [2.75, 3.05) is 7.11 Å². The molecule has 0 aliphatic heterocycles. The minimum Gasteiger partial charge on any atom is -0.497 e. The third kappa shape index (κ3) is 2.35. The maximum Gasteiger partial charge on any atom is 0.169 e. The van der Waals surface area contributed by atoms with Gasteiger partial charge in [-0.25, -0.2) is 4.52 Å². The standard InChI is InChI=1S/C15H20N2O2/c1-9(2)14-13(15(18)10(3)4)12-8-11(19-5)6-7-17(12)16-14/h6-10H,1-5H3. The number of carbonyl (C=O) groups is 1. The predicted octanol–water partition coefficient (Wildman–Crippen LogP) is 3.31. The van der Waals surface area contributed by atoms with Crippen LogP contribution in [0.5, 0.6) is 5.75 Å². The van der Waals surface area contributed by atoms with E-state index in [9.17, 15) is 4.79 Å². The van der Waals surface area contributed by atoms with Gasteiger partial charge in [0.1, 0.15) is 5.75 Å². The zero-order valence-corrected chi connectivity index (χ0v) is 12.1. The first-order valence-corrected chi connectivity index (χ1v) is 6.56. The average molecular weight is 260 g/mol. The molecule has 0 unspecified atom stereocenters. The van der Waals surface area contributed by atoms with Crippen LogP contribution in [0, 0.1) is 5.92 Å². The van der Waals surface area contributed by atoms with Gasteiger partial charge in [-0.1, -0.05) is 27.7 Å². The van der Waals surface area contributed by atoms with E-state index in [-0.39, 0.29) is 17.6 Å². The van der Waals surface area contributed by atoms with Crippen molar-refractivity contribution in [2.45, 2.75) is 33.6 Å². The summed E-state index contributed by atoms with van der Waals surface area (Å²) in [7, 11) is 1.62. The molecule has 4 nitrogen and oxygen atoms in total. The van der Waals surface area contributed by atoms with Crippen LogP contribution in [0.1, 0.15) is 49.7 Å². The fourth-order valence-corrected chi connectivity index (χ4v) is 2.12. The smallest absolute Gasteiger partial charge is 0.169 e. The van der Waals surface area contributed by atoms with Gasteiger partial charge in [0, 0.05) is 18.2 Å². The highest BCUT2D eigenvalue weighted by molar-refractivity contribution is 6.04. The first kappa shape index (κ1) is 13.6. The van der Waals surface area contributed by atoms with E-state index in [0.717, 1.165) is 22.5 Å². The van der Waals surface area contributed by atoms with Crippen LogP contribution in [0.3, 0.4) is 0 Å². The normalized spacial score (nSPS) is 11.5. The van der Waals surface area contributed by atoms with Crippen LogP contribution in [0.2, 0.25) is 0 Å².